The van der Waals surface area contributed by atoms with Crippen LogP contribution in [0, 0.1) is 5.92 Å². The molecular formula is C15H18N2O3. The number of nitrogens with zero attached hydrogens (tertiary/aromatic N) is 2. The number of benzene rings is 1. The van der Waals surface area contributed by atoms with Gasteiger partial charge in [-0.15, -0.1) is 0 Å². The van der Waals surface area contributed by atoms with Crippen molar-refractivity contribution < 1.29 is 9.47 Å². The molecule has 2 aromatic rings. The van der Waals surface area contributed by atoms with E-state index in [-0.39, 0.29) is 5.56 Å². The van der Waals surface area contributed by atoms with Crippen molar-refractivity contribution in [3.8, 4) is 5.75 Å². The summed E-state index contributed by atoms with van der Waals surface area (Å²) in [5, 5.41) is 0.550. The van der Waals surface area contributed by atoms with E-state index in [0.29, 0.717) is 29.1 Å². The number of aromatic nitrogens is 2. The standard InChI is InChI=1S/C15H18N2O3/c1-19-13-6-2-5-12-14(13)15(18)17(10-16-12)8-11-4-3-7-20-9-11/h2,5-6,10-11H,3-4,7-9H2,1H3/t11-/m1/s1. The molecule has 1 aliphatic heterocycles. The first kappa shape index (κ1) is 13.1. The Labute approximate surface area is 117 Å². The summed E-state index contributed by atoms with van der Waals surface area (Å²) < 4.78 is 12.4. The average Bonchev–Trinajstić information content (AvgIpc) is 2.50. The maximum Gasteiger partial charge on any atom is 0.264 e. The van der Waals surface area contributed by atoms with Crippen molar-refractivity contribution in [2.24, 2.45) is 5.92 Å². The number of rotatable bonds is 3. The van der Waals surface area contributed by atoms with E-state index >= 15 is 0 Å². The lowest BCUT2D eigenvalue weighted by atomic mass is 10.0. The maximum atomic E-state index is 12.6. The predicted octanol–water partition coefficient (Wildman–Crippen LogP) is 1.83. The van der Waals surface area contributed by atoms with Gasteiger partial charge in [0.25, 0.3) is 5.56 Å². The van der Waals surface area contributed by atoms with Crippen LogP contribution in [0.5, 0.6) is 5.75 Å². The SMILES string of the molecule is COc1cccc2ncn(C[C@H]3CCCOC3)c(=O)c12. The van der Waals surface area contributed by atoms with E-state index in [9.17, 15) is 4.79 Å². The van der Waals surface area contributed by atoms with Gasteiger partial charge in [0.2, 0.25) is 0 Å². The Balaban J connectivity index is 1.99. The molecule has 5 heteroatoms. The molecule has 1 aromatic heterocycles. The fourth-order valence-corrected chi connectivity index (χ4v) is 2.70. The molecule has 0 saturated carbocycles. The Morgan fingerprint density at radius 3 is 3.15 bits per heavy atom. The van der Waals surface area contributed by atoms with E-state index in [0.717, 1.165) is 26.1 Å². The van der Waals surface area contributed by atoms with Crippen LogP contribution in [0.1, 0.15) is 12.8 Å². The van der Waals surface area contributed by atoms with Crippen molar-refractivity contribution >= 4 is 10.9 Å². The minimum atomic E-state index is -0.0435. The number of hydrogen-bond donors (Lipinski definition) is 0. The minimum Gasteiger partial charge on any atom is -0.496 e. The van der Waals surface area contributed by atoms with Gasteiger partial charge in [0.1, 0.15) is 11.1 Å². The summed E-state index contributed by atoms with van der Waals surface area (Å²) in [5.41, 5.74) is 0.628. The zero-order chi connectivity index (χ0) is 13.9. The molecule has 1 fully saturated rings. The predicted molar refractivity (Wildman–Crippen MR) is 76.1 cm³/mol. The van der Waals surface area contributed by atoms with Crippen LogP contribution in [0.15, 0.2) is 29.3 Å². The van der Waals surface area contributed by atoms with Gasteiger partial charge in [0.05, 0.1) is 25.6 Å². The maximum absolute atomic E-state index is 12.6. The second-order valence-corrected chi connectivity index (χ2v) is 5.14. The third-order valence-electron chi connectivity index (χ3n) is 3.74. The van der Waals surface area contributed by atoms with Gasteiger partial charge < -0.3 is 9.47 Å². The highest BCUT2D eigenvalue weighted by atomic mass is 16.5. The van der Waals surface area contributed by atoms with Crippen LogP contribution in [-0.4, -0.2) is 29.9 Å². The first-order chi connectivity index (χ1) is 9.79. The zero-order valence-corrected chi connectivity index (χ0v) is 11.5. The molecule has 1 saturated heterocycles. The van der Waals surface area contributed by atoms with Crippen LogP contribution < -0.4 is 10.3 Å². The van der Waals surface area contributed by atoms with Gasteiger partial charge in [-0.1, -0.05) is 6.07 Å². The van der Waals surface area contributed by atoms with Gasteiger partial charge in [-0.2, -0.15) is 0 Å². The minimum absolute atomic E-state index is 0.0435. The summed E-state index contributed by atoms with van der Waals surface area (Å²) in [7, 11) is 1.57. The van der Waals surface area contributed by atoms with Crippen molar-refractivity contribution in [3.05, 3.63) is 34.9 Å². The normalized spacial score (nSPS) is 19.1. The van der Waals surface area contributed by atoms with Crippen LogP contribution in [0.2, 0.25) is 0 Å². The third-order valence-corrected chi connectivity index (χ3v) is 3.74. The Morgan fingerprint density at radius 2 is 2.40 bits per heavy atom. The first-order valence-corrected chi connectivity index (χ1v) is 6.89. The molecule has 2 heterocycles. The Bertz CT molecular complexity index is 660. The summed E-state index contributed by atoms with van der Waals surface area (Å²) in [6, 6.07) is 5.46. The lowest BCUT2D eigenvalue weighted by molar-refractivity contribution is 0.0479. The molecule has 1 atom stereocenters. The molecule has 0 spiro atoms. The highest BCUT2D eigenvalue weighted by Crippen LogP contribution is 2.20. The molecule has 3 rings (SSSR count). The molecule has 1 aromatic carbocycles. The molecule has 0 radical (unpaired) electrons. The molecule has 5 nitrogen and oxygen atoms in total. The Morgan fingerprint density at radius 1 is 1.50 bits per heavy atom. The van der Waals surface area contributed by atoms with Gasteiger partial charge in [-0.25, -0.2) is 4.98 Å². The van der Waals surface area contributed by atoms with Crippen molar-refractivity contribution in [2.75, 3.05) is 20.3 Å². The molecule has 0 unspecified atom stereocenters. The van der Waals surface area contributed by atoms with Crippen LogP contribution in [0.25, 0.3) is 10.9 Å². The van der Waals surface area contributed by atoms with Gasteiger partial charge in [-0.3, -0.25) is 9.36 Å². The average molecular weight is 274 g/mol. The summed E-state index contributed by atoms with van der Waals surface area (Å²) in [5.74, 6) is 0.963. The number of fused-ring (bicyclic) bond motifs is 1. The van der Waals surface area contributed by atoms with Crippen LogP contribution in [0.3, 0.4) is 0 Å². The fourth-order valence-electron chi connectivity index (χ4n) is 2.70. The second-order valence-electron chi connectivity index (χ2n) is 5.14. The Kier molecular flexibility index (Phi) is 3.69. The number of methoxy groups -OCH3 is 1. The summed E-state index contributed by atoms with van der Waals surface area (Å²) in [4.78, 5) is 16.9. The highest BCUT2D eigenvalue weighted by molar-refractivity contribution is 5.83. The Hall–Kier alpha value is -1.88. The van der Waals surface area contributed by atoms with Crippen LogP contribution >= 0.6 is 0 Å². The molecule has 106 valence electrons. The van der Waals surface area contributed by atoms with Crippen LogP contribution in [-0.2, 0) is 11.3 Å². The quantitative estimate of drug-likeness (QED) is 0.857. The lowest BCUT2D eigenvalue weighted by Crippen LogP contribution is -2.28. The van der Waals surface area contributed by atoms with E-state index in [1.807, 2.05) is 12.1 Å². The topological polar surface area (TPSA) is 53.4 Å². The van der Waals surface area contributed by atoms with Crippen molar-refractivity contribution in [2.45, 2.75) is 19.4 Å². The van der Waals surface area contributed by atoms with Gasteiger partial charge >= 0.3 is 0 Å². The second kappa shape index (κ2) is 5.63. The third kappa shape index (κ3) is 2.41. The summed E-state index contributed by atoms with van der Waals surface area (Å²) in [6.07, 6.45) is 3.78. The first-order valence-electron chi connectivity index (χ1n) is 6.89. The molecule has 0 bridgehead atoms. The summed E-state index contributed by atoms with van der Waals surface area (Å²) >= 11 is 0. The molecule has 20 heavy (non-hydrogen) atoms. The molecule has 0 aliphatic carbocycles. The lowest BCUT2D eigenvalue weighted by Gasteiger charge is -2.22. The van der Waals surface area contributed by atoms with Crippen molar-refractivity contribution in [1.29, 1.82) is 0 Å². The largest absolute Gasteiger partial charge is 0.496 e. The monoisotopic (exact) mass is 274 g/mol. The summed E-state index contributed by atoms with van der Waals surface area (Å²) in [6.45, 7) is 2.20. The number of hydrogen-bond acceptors (Lipinski definition) is 4. The van der Waals surface area contributed by atoms with E-state index in [1.54, 1.807) is 24.1 Å². The molecule has 1 aliphatic rings. The van der Waals surface area contributed by atoms with Crippen molar-refractivity contribution in [1.82, 2.24) is 9.55 Å². The fraction of sp³-hybridized carbons (Fsp3) is 0.467. The van der Waals surface area contributed by atoms with Gasteiger partial charge in [0, 0.05) is 19.1 Å². The van der Waals surface area contributed by atoms with Gasteiger partial charge in [0.15, 0.2) is 0 Å². The molecule has 0 N–H and O–H groups in total. The number of ether oxygens (including phenoxy) is 2. The van der Waals surface area contributed by atoms with E-state index in [2.05, 4.69) is 4.98 Å². The smallest absolute Gasteiger partial charge is 0.264 e. The van der Waals surface area contributed by atoms with Crippen LogP contribution in [0.4, 0.5) is 0 Å². The van der Waals surface area contributed by atoms with Crippen molar-refractivity contribution in [3.63, 3.8) is 0 Å². The van der Waals surface area contributed by atoms with E-state index < -0.39 is 0 Å². The zero-order valence-electron chi connectivity index (χ0n) is 11.5. The highest BCUT2D eigenvalue weighted by Gasteiger charge is 2.16. The van der Waals surface area contributed by atoms with E-state index in [1.165, 1.54) is 0 Å². The molecule has 0 amide bonds. The van der Waals surface area contributed by atoms with E-state index in [4.69, 9.17) is 9.47 Å². The molecular weight excluding hydrogens is 256 g/mol. The van der Waals surface area contributed by atoms with Gasteiger partial charge in [-0.05, 0) is 25.0 Å².